The van der Waals surface area contributed by atoms with Gasteiger partial charge in [0.25, 0.3) is 5.91 Å². The highest BCUT2D eigenvalue weighted by molar-refractivity contribution is 7.13. The van der Waals surface area contributed by atoms with E-state index in [-0.39, 0.29) is 11.9 Å². The van der Waals surface area contributed by atoms with Gasteiger partial charge in [0, 0.05) is 19.0 Å². The average molecular weight is 367 g/mol. The molecule has 0 aliphatic carbocycles. The molecule has 0 unspecified atom stereocenters. The molecule has 0 saturated carbocycles. The fraction of sp³-hybridized carbons (Fsp3) is 0.350. The van der Waals surface area contributed by atoms with Crippen LogP contribution in [0.2, 0.25) is 0 Å². The normalized spacial score (nSPS) is 17.0. The lowest BCUT2D eigenvalue weighted by Crippen LogP contribution is -2.30. The van der Waals surface area contributed by atoms with Crippen LogP contribution < -0.4 is 0 Å². The van der Waals surface area contributed by atoms with Crippen LogP contribution in [0, 0.1) is 13.8 Å². The first kappa shape index (κ1) is 17.0. The molecule has 1 atom stereocenters. The lowest BCUT2D eigenvalue weighted by Gasteiger charge is -2.22. The molecule has 0 N–H and O–H groups in total. The minimum atomic E-state index is -0.0252. The molecule has 3 heterocycles. The van der Waals surface area contributed by atoms with Gasteiger partial charge in [0.2, 0.25) is 0 Å². The SMILES string of the molecule is Cc1cc([C@@H]2CCCN2C(=O)c2sc(Cc3ccccc3)nc2C)on1. The Morgan fingerprint density at radius 2 is 2.12 bits per heavy atom. The molecule has 1 aliphatic heterocycles. The molecular formula is C20H21N3O2S. The van der Waals surface area contributed by atoms with Crippen LogP contribution in [0.5, 0.6) is 0 Å². The van der Waals surface area contributed by atoms with Crippen LogP contribution >= 0.6 is 11.3 Å². The Kier molecular flexibility index (Phi) is 4.59. The zero-order chi connectivity index (χ0) is 18.1. The van der Waals surface area contributed by atoms with Crippen molar-refractivity contribution in [3.8, 4) is 0 Å². The van der Waals surface area contributed by atoms with E-state index in [1.54, 1.807) is 0 Å². The Morgan fingerprint density at radius 3 is 2.85 bits per heavy atom. The summed E-state index contributed by atoms with van der Waals surface area (Å²) in [5.41, 5.74) is 2.86. The van der Waals surface area contributed by atoms with Gasteiger partial charge in [0.1, 0.15) is 4.88 Å². The van der Waals surface area contributed by atoms with Crippen LogP contribution in [0.4, 0.5) is 0 Å². The standard InChI is InChI=1S/C20H21N3O2S/c1-13-11-17(25-22-13)16-9-6-10-23(16)20(24)19-14(2)21-18(26-19)12-15-7-4-3-5-8-15/h3-5,7-8,11,16H,6,9-10,12H2,1-2H3/t16-/m0/s1. The van der Waals surface area contributed by atoms with Crippen LogP contribution in [-0.4, -0.2) is 27.5 Å². The molecule has 6 heteroatoms. The number of aromatic nitrogens is 2. The predicted octanol–water partition coefficient (Wildman–Crippen LogP) is 4.32. The highest BCUT2D eigenvalue weighted by Gasteiger charge is 2.34. The van der Waals surface area contributed by atoms with Crippen molar-refractivity contribution >= 4 is 17.2 Å². The molecule has 0 radical (unpaired) electrons. The van der Waals surface area contributed by atoms with Crippen molar-refractivity contribution in [3.63, 3.8) is 0 Å². The molecule has 3 aromatic rings. The van der Waals surface area contributed by atoms with E-state index in [1.165, 1.54) is 16.9 Å². The molecule has 1 amide bonds. The lowest BCUT2D eigenvalue weighted by molar-refractivity contribution is 0.0718. The van der Waals surface area contributed by atoms with Gasteiger partial charge in [-0.05, 0) is 32.3 Å². The summed E-state index contributed by atoms with van der Waals surface area (Å²) >= 11 is 1.50. The van der Waals surface area contributed by atoms with Crippen molar-refractivity contribution < 1.29 is 9.32 Å². The van der Waals surface area contributed by atoms with E-state index in [2.05, 4.69) is 22.3 Å². The van der Waals surface area contributed by atoms with Gasteiger partial charge >= 0.3 is 0 Å². The molecule has 0 spiro atoms. The number of hydrogen-bond donors (Lipinski definition) is 0. The van der Waals surface area contributed by atoms with Gasteiger partial charge in [-0.15, -0.1) is 11.3 Å². The number of aryl methyl sites for hydroxylation is 2. The first-order chi connectivity index (χ1) is 12.6. The van der Waals surface area contributed by atoms with Crippen LogP contribution in [0.25, 0.3) is 0 Å². The molecule has 1 fully saturated rings. The van der Waals surface area contributed by atoms with Gasteiger partial charge in [-0.25, -0.2) is 4.98 Å². The molecule has 0 bridgehead atoms. The quantitative estimate of drug-likeness (QED) is 0.689. The second-order valence-corrected chi connectivity index (χ2v) is 7.80. The number of rotatable bonds is 4. The number of amides is 1. The first-order valence-electron chi connectivity index (χ1n) is 8.86. The number of thiazole rings is 1. The van der Waals surface area contributed by atoms with E-state index in [0.29, 0.717) is 0 Å². The molecule has 134 valence electrons. The number of nitrogens with zero attached hydrogens (tertiary/aromatic N) is 3. The zero-order valence-electron chi connectivity index (χ0n) is 14.9. The van der Waals surface area contributed by atoms with Crippen molar-refractivity contribution in [3.05, 3.63) is 69.0 Å². The zero-order valence-corrected chi connectivity index (χ0v) is 15.8. The number of hydrogen-bond acceptors (Lipinski definition) is 5. The maximum absolute atomic E-state index is 13.2. The highest BCUT2D eigenvalue weighted by atomic mass is 32.1. The fourth-order valence-electron chi connectivity index (χ4n) is 3.47. The Morgan fingerprint density at radius 1 is 1.31 bits per heavy atom. The predicted molar refractivity (Wildman–Crippen MR) is 100 cm³/mol. The highest BCUT2D eigenvalue weighted by Crippen LogP contribution is 2.35. The Bertz CT molecular complexity index is 916. The van der Waals surface area contributed by atoms with Gasteiger partial charge < -0.3 is 9.42 Å². The van der Waals surface area contributed by atoms with Gasteiger partial charge in [-0.2, -0.15) is 0 Å². The third-order valence-electron chi connectivity index (χ3n) is 4.72. The number of carbonyl (C=O) groups excluding carboxylic acids is 1. The second kappa shape index (κ2) is 7.03. The summed E-state index contributed by atoms with van der Waals surface area (Å²) in [6, 6.07) is 12.1. The molecule has 1 aliphatic rings. The van der Waals surface area contributed by atoms with Crippen molar-refractivity contribution in [1.82, 2.24) is 15.0 Å². The van der Waals surface area contributed by atoms with E-state index < -0.39 is 0 Å². The Balaban J connectivity index is 1.56. The third kappa shape index (κ3) is 3.29. The molecular weight excluding hydrogens is 346 g/mol. The topological polar surface area (TPSA) is 59.2 Å². The summed E-state index contributed by atoms with van der Waals surface area (Å²) in [6.07, 6.45) is 2.64. The summed E-state index contributed by atoms with van der Waals surface area (Å²) in [6.45, 7) is 4.56. The second-order valence-electron chi connectivity index (χ2n) is 6.71. The van der Waals surface area contributed by atoms with Gasteiger partial charge in [0.15, 0.2) is 5.76 Å². The summed E-state index contributed by atoms with van der Waals surface area (Å²) in [4.78, 5) is 20.4. The van der Waals surface area contributed by atoms with Crippen LogP contribution in [0.15, 0.2) is 40.9 Å². The first-order valence-corrected chi connectivity index (χ1v) is 9.68. The maximum Gasteiger partial charge on any atom is 0.266 e. The maximum atomic E-state index is 13.2. The lowest BCUT2D eigenvalue weighted by atomic mass is 10.1. The monoisotopic (exact) mass is 367 g/mol. The minimum Gasteiger partial charge on any atom is -0.359 e. The smallest absolute Gasteiger partial charge is 0.266 e. The molecule has 1 aromatic carbocycles. The average Bonchev–Trinajstić information content (AvgIpc) is 3.35. The minimum absolute atomic E-state index is 0.0252. The number of benzene rings is 1. The molecule has 5 nitrogen and oxygen atoms in total. The summed E-state index contributed by atoms with van der Waals surface area (Å²) in [5.74, 6) is 0.830. The Labute approximate surface area is 156 Å². The van der Waals surface area contributed by atoms with Gasteiger partial charge in [0.05, 0.1) is 22.4 Å². The number of carbonyl (C=O) groups is 1. The molecule has 26 heavy (non-hydrogen) atoms. The van der Waals surface area contributed by atoms with E-state index >= 15 is 0 Å². The largest absolute Gasteiger partial charge is 0.359 e. The van der Waals surface area contributed by atoms with Crippen LogP contribution in [0.3, 0.4) is 0 Å². The van der Waals surface area contributed by atoms with E-state index in [9.17, 15) is 4.79 Å². The summed E-state index contributed by atoms with van der Waals surface area (Å²) in [7, 11) is 0. The van der Waals surface area contributed by atoms with Gasteiger partial charge in [-0.1, -0.05) is 35.5 Å². The van der Waals surface area contributed by atoms with Crippen molar-refractivity contribution in [2.75, 3.05) is 6.54 Å². The third-order valence-corrected chi connectivity index (χ3v) is 5.87. The van der Waals surface area contributed by atoms with Crippen molar-refractivity contribution in [2.45, 2.75) is 39.2 Å². The van der Waals surface area contributed by atoms with Crippen molar-refractivity contribution in [2.24, 2.45) is 0 Å². The van der Waals surface area contributed by atoms with Crippen LogP contribution in [0.1, 0.15) is 56.3 Å². The van der Waals surface area contributed by atoms with E-state index in [1.807, 2.05) is 43.0 Å². The van der Waals surface area contributed by atoms with Crippen LogP contribution in [-0.2, 0) is 6.42 Å². The summed E-state index contributed by atoms with van der Waals surface area (Å²) < 4.78 is 5.42. The molecule has 2 aromatic heterocycles. The fourth-order valence-corrected chi connectivity index (χ4v) is 4.53. The van der Waals surface area contributed by atoms with E-state index in [0.717, 1.165) is 52.8 Å². The number of likely N-dealkylation sites (tertiary alicyclic amines) is 1. The summed E-state index contributed by atoms with van der Waals surface area (Å²) in [5, 5.41) is 4.95. The Hall–Kier alpha value is -2.47. The molecule has 1 saturated heterocycles. The van der Waals surface area contributed by atoms with Gasteiger partial charge in [-0.3, -0.25) is 4.79 Å². The van der Waals surface area contributed by atoms with E-state index in [4.69, 9.17) is 4.52 Å². The van der Waals surface area contributed by atoms with Crippen molar-refractivity contribution in [1.29, 1.82) is 0 Å². The molecule has 4 rings (SSSR count).